The highest BCUT2D eigenvalue weighted by Gasteiger charge is 2.07. The number of ether oxygens (including phenoxy) is 1. The summed E-state index contributed by atoms with van der Waals surface area (Å²) in [5.41, 5.74) is 2.27. The van der Waals surface area contributed by atoms with Gasteiger partial charge in [-0.1, -0.05) is 29.8 Å². The minimum absolute atomic E-state index is 0.0746. The zero-order valence-corrected chi connectivity index (χ0v) is 11.3. The lowest BCUT2D eigenvalue weighted by Gasteiger charge is -2.07. The van der Waals surface area contributed by atoms with Crippen LogP contribution >= 0.6 is 0 Å². The predicted molar refractivity (Wildman–Crippen MR) is 77.3 cm³/mol. The summed E-state index contributed by atoms with van der Waals surface area (Å²) in [5.74, 6) is 0.261. The van der Waals surface area contributed by atoms with E-state index in [0.717, 1.165) is 5.56 Å². The van der Waals surface area contributed by atoms with Crippen LogP contribution in [0.3, 0.4) is 0 Å². The van der Waals surface area contributed by atoms with Crippen LogP contribution in [-0.4, -0.2) is 11.9 Å². The quantitative estimate of drug-likeness (QED) is 0.862. The second-order valence-corrected chi connectivity index (χ2v) is 4.46. The molecule has 2 rings (SSSR count). The maximum absolute atomic E-state index is 11.7. The van der Waals surface area contributed by atoms with Crippen LogP contribution in [0.15, 0.2) is 48.5 Å². The molecule has 2 aromatic carbocycles. The molecule has 4 heteroatoms. The predicted octanol–water partition coefficient (Wildman–Crippen LogP) is 3.81. The Labute approximate surface area is 117 Å². The third kappa shape index (κ3) is 3.68. The molecule has 0 atom stereocenters. The molecular weight excluding hydrogens is 254 g/mol. The number of amides is 1. The SMILES string of the molecule is CC(=O)c1cccc(OC(=O)Nc2ccc(C)cc2)c1. The average Bonchev–Trinajstić information content (AvgIpc) is 2.41. The lowest BCUT2D eigenvalue weighted by molar-refractivity contribution is 0.101. The molecule has 0 aliphatic heterocycles. The first kappa shape index (κ1) is 13.8. The lowest BCUT2D eigenvalue weighted by Crippen LogP contribution is -2.16. The first-order valence-corrected chi connectivity index (χ1v) is 6.21. The molecular formula is C16H15NO3. The number of Topliss-reactive ketones (excluding diaryl/α,β-unsaturated/α-hetero) is 1. The van der Waals surface area contributed by atoms with Gasteiger partial charge in [0.2, 0.25) is 0 Å². The van der Waals surface area contributed by atoms with E-state index >= 15 is 0 Å². The smallest absolute Gasteiger partial charge is 0.410 e. The molecule has 0 unspecified atom stereocenters. The van der Waals surface area contributed by atoms with Gasteiger partial charge < -0.3 is 4.74 Å². The van der Waals surface area contributed by atoms with Gasteiger partial charge in [0.1, 0.15) is 5.75 Å². The molecule has 0 saturated carbocycles. The molecule has 0 fully saturated rings. The Morgan fingerprint density at radius 3 is 2.40 bits per heavy atom. The maximum Gasteiger partial charge on any atom is 0.417 e. The number of aryl methyl sites for hydroxylation is 1. The van der Waals surface area contributed by atoms with Gasteiger partial charge in [-0.3, -0.25) is 10.1 Å². The monoisotopic (exact) mass is 269 g/mol. The molecule has 0 heterocycles. The van der Waals surface area contributed by atoms with Crippen LogP contribution < -0.4 is 10.1 Å². The number of nitrogens with one attached hydrogen (secondary N) is 1. The van der Waals surface area contributed by atoms with E-state index < -0.39 is 6.09 Å². The van der Waals surface area contributed by atoms with E-state index in [-0.39, 0.29) is 5.78 Å². The molecule has 1 N–H and O–H groups in total. The zero-order valence-electron chi connectivity index (χ0n) is 11.3. The first-order valence-electron chi connectivity index (χ1n) is 6.21. The second kappa shape index (κ2) is 6.02. The molecule has 4 nitrogen and oxygen atoms in total. The van der Waals surface area contributed by atoms with Crippen LogP contribution in [0.1, 0.15) is 22.8 Å². The number of hydrogen-bond donors (Lipinski definition) is 1. The molecule has 20 heavy (non-hydrogen) atoms. The fourth-order valence-electron chi connectivity index (χ4n) is 1.67. The van der Waals surface area contributed by atoms with Crippen molar-refractivity contribution in [2.24, 2.45) is 0 Å². The minimum atomic E-state index is -0.588. The lowest BCUT2D eigenvalue weighted by atomic mass is 10.1. The molecule has 0 saturated heterocycles. The van der Waals surface area contributed by atoms with Crippen molar-refractivity contribution in [1.82, 2.24) is 0 Å². The number of ketones is 1. The summed E-state index contributed by atoms with van der Waals surface area (Å²) in [7, 11) is 0. The Balaban J connectivity index is 2.02. The summed E-state index contributed by atoms with van der Waals surface area (Å²) in [4.78, 5) is 23.0. The highest BCUT2D eigenvalue weighted by atomic mass is 16.6. The molecule has 0 bridgehead atoms. The van der Waals surface area contributed by atoms with Crippen molar-refractivity contribution in [2.45, 2.75) is 13.8 Å². The zero-order chi connectivity index (χ0) is 14.5. The van der Waals surface area contributed by atoms with Crippen LogP contribution in [-0.2, 0) is 0 Å². The number of benzene rings is 2. The largest absolute Gasteiger partial charge is 0.417 e. The highest BCUT2D eigenvalue weighted by Crippen LogP contribution is 2.15. The van der Waals surface area contributed by atoms with Gasteiger partial charge in [-0.15, -0.1) is 0 Å². The standard InChI is InChI=1S/C16H15NO3/c1-11-6-8-14(9-7-11)17-16(19)20-15-5-3-4-13(10-15)12(2)18/h3-10H,1-2H3,(H,17,19). The van der Waals surface area contributed by atoms with E-state index in [1.54, 1.807) is 30.3 Å². The van der Waals surface area contributed by atoms with Gasteiger partial charge in [-0.2, -0.15) is 0 Å². The summed E-state index contributed by atoms with van der Waals surface area (Å²) < 4.78 is 5.14. The fourth-order valence-corrected chi connectivity index (χ4v) is 1.67. The Kier molecular flexibility index (Phi) is 4.15. The molecule has 0 radical (unpaired) electrons. The van der Waals surface area contributed by atoms with Gasteiger partial charge >= 0.3 is 6.09 Å². The van der Waals surface area contributed by atoms with Crippen LogP contribution in [0.2, 0.25) is 0 Å². The molecule has 0 aliphatic rings. The normalized spacial score (nSPS) is 9.90. The van der Waals surface area contributed by atoms with Crippen LogP contribution in [0.4, 0.5) is 10.5 Å². The number of carbonyl (C=O) groups is 2. The minimum Gasteiger partial charge on any atom is -0.410 e. The van der Waals surface area contributed by atoms with Gasteiger partial charge in [-0.25, -0.2) is 4.79 Å². The molecule has 102 valence electrons. The van der Waals surface area contributed by atoms with Crippen molar-refractivity contribution < 1.29 is 14.3 Å². The van der Waals surface area contributed by atoms with Crippen LogP contribution in [0.25, 0.3) is 0 Å². The number of carbonyl (C=O) groups excluding carboxylic acids is 2. The molecule has 1 amide bonds. The van der Waals surface area contributed by atoms with E-state index in [0.29, 0.717) is 17.0 Å². The highest BCUT2D eigenvalue weighted by molar-refractivity contribution is 5.94. The Morgan fingerprint density at radius 1 is 1.05 bits per heavy atom. The number of hydrogen-bond acceptors (Lipinski definition) is 3. The van der Waals surface area contributed by atoms with Crippen molar-refractivity contribution in [3.8, 4) is 5.75 Å². The van der Waals surface area contributed by atoms with E-state index in [1.807, 2.05) is 19.1 Å². The fraction of sp³-hybridized carbons (Fsp3) is 0.125. The third-order valence-corrected chi connectivity index (χ3v) is 2.75. The summed E-state index contributed by atoms with van der Waals surface area (Å²) in [5, 5.41) is 2.62. The molecule has 2 aromatic rings. The van der Waals surface area contributed by atoms with E-state index in [1.165, 1.54) is 13.0 Å². The van der Waals surface area contributed by atoms with E-state index in [4.69, 9.17) is 4.74 Å². The molecule has 0 spiro atoms. The van der Waals surface area contributed by atoms with Crippen molar-refractivity contribution in [2.75, 3.05) is 5.32 Å². The van der Waals surface area contributed by atoms with Crippen molar-refractivity contribution in [3.05, 3.63) is 59.7 Å². The van der Waals surface area contributed by atoms with Gasteiger partial charge in [0.05, 0.1) is 0 Å². The van der Waals surface area contributed by atoms with E-state index in [2.05, 4.69) is 5.32 Å². The van der Waals surface area contributed by atoms with Gasteiger partial charge in [0.15, 0.2) is 5.78 Å². The van der Waals surface area contributed by atoms with Crippen LogP contribution in [0.5, 0.6) is 5.75 Å². The summed E-state index contributed by atoms with van der Waals surface area (Å²) >= 11 is 0. The third-order valence-electron chi connectivity index (χ3n) is 2.75. The second-order valence-electron chi connectivity index (χ2n) is 4.46. The first-order chi connectivity index (χ1) is 9.54. The van der Waals surface area contributed by atoms with Gasteiger partial charge in [0.25, 0.3) is 0 Å². The summed E-state index contributed by atoms with van der Waals surface area (Å²) in [6, 6.07) is 13.9. The molecule has 0 aliphatic carbocycles. The van der Waals surface area contributed by atoms with Crippen LogP contribution in [0, 0.1) is 6.92 Å². The Hall–Kier alpha value is -2.62. The van der Waals surface area contributed by atoms with Crippen molar-refractivity contribution >= 4 is 17.6 Å². The average molecular weight is 269 g/mol. The number of rotatable bonds is 3. The molecule has 0 aromatic heterocycles. The van der Waals surface area contributed by atoms with Crippen molar-refractivity contribution in [1.29, 1.82) is 0 Å². The number of anilines is 1. The maximum atomic E-state index is 11.7. The topological polar surface area (TPSA) is 55.4 Å². The van der Waals surface area contributed by atoms with Gasteiger partial charge in [-0.05, 0) is 38.1 Å². The summed E-state index contributed by atoms with van der Waals surface area (Å²) in [6.45, 7) is 3.43. The van der Waals surface area contributed by atoms with E-state index in [9.17, 15) is 9.59 Å². The summed E-state index contributed by atoms with van der Waals surface area (Å²) in [6.07, 6.45) is -0.588. The Morgan fingerprint density at radius 2 is 1.75 bits per heavy atom. The Bertz CT molecular complexity index is 632. The van der Waals surface area contributed by atoms with Gasteiger partial charge in [0, 0.05) is 11.3 Å². The van der Waals surface area contributed by atoms with Crippen molar-refractivity contribution in [3.63, 3.8) is 0 Å².